The van der Waals surface area contributed by atoms with E-state index in [0.717, 1.165) is 30.9 Å². The van der Waals surface area contributed by atoms with Crippen molar-refractivity contribution in [1.82, 2.24) is 19.7 Å². The maximum Gasteiger partial charge on any atom is 0.214 e. The minimum absolute atomic E-state index is 0.144. The van der Waals surface area contributed by atoms with Gasteiger partial charge in [-0.05, 0) is 19.0 Å². The minimum Gasteiger partial charge on any atom is -0.496 e. The topological polar surface area (TPSA) is 111 Å². The van der Waals surface area contributed by atoms with Crippen LogP contribution in [0.1, 0.15) is 12.0 Å². The minimum atomic E-state index is 0.144. The molecule has 0 bridgehead atoms. The average molecular weight is 378 g/mol. The van der Waals surface area contributed by atoms with Crippen molar-refractivity contribution >= 4 is 17.4 Å². The van der Waals surface area contributed by atoms with Crippen molar-refractivity contribution < 1.29 is 9.47 Å². The van der Waals surface area contributed by atoms with Crippen molar-refractivity contribution in [2.75, 3.05) is 20.2 Å². The number of nitrogens with zero attached hydrogens (tertiary/aromatic N) is 3. The summed E-state index contributed by atoms with van der Waals surface area (Å²) < 4.78 is 13.3. The fourth-order valence-electron chi connectivity index (χ4n) is 3.32. The standard InChI is InChI=1S/C20H22N6O2/c1-27-18-7-19-24-11-17(26(19)12-15(18)13(8-21)9-22)16-3-2-4-20(25-16)28-14-5-6-23-10-14/h2-4,7-9,11-12,14,21,23H,5-6,10,22H2,1H3/b13-9+,21-8?. The molecule has 8 heteroatoms. The summed E-state index contributed by atoms with van der Waals surface area (Å²) in [4.78, 5) is 9.13. The number of pyridine rings is 2. The summed E-state index contributed by atoms with van der Waals surface area (Å²) >= 11 is 0. The Balaban J connectivity index is 1.76. The molecule has 1 aliphatic rings. The predicted molar refractivity (Wildman–Crippen MR) is 108 cm³/mol. The van der Waals surface area contributed by atoms with Gasteiger partial charge in [-0.25, -0.2) is 9.97 Å². The molecule has 1 unspecified atom stereocenters. The highest BCUT2D eigenvalue weighted by Gasteiger charge is 2.18. The fraction of sp³-hybridized carbons (Fsp3) is 0.250. The van der Waals surface area contributed by atoms with Gasteiger partial charge in [-0.1, -0.05) is 6.07 Å². The van der Waals surface area contributed by atoms with E-state index in [2.05, 4.69) is 15.3 Å². The van der Waals surface area contributed by atoms with E-state index >= 15 is 0 Å². The van der Waals surface area contributed by atoms with E-state index < -0.39 is 0 Å². The molecule has 0 aliphatic carbocycles. The van der Waals surface area contributed by atoms with Crippen LogP contribution in [0.25, 0.3) is 22.6 Å². The Morgan fingerprint density at radius 1 is 1.43 bits per heavy atom. The highest BCUT2D eigenvalue weighted by molar-refractivity contribution is 6.09. The molecule has 3 aromatic heterocycles. The fourth-order valence-corrected chi connectivity index (χ4v) is 3.32. The second-order valence-electron chi connectivity index (χ2n) is 6.49. The molecule has 1 atom stereocenters. The molecule has 144 valence electrons. The van der Waals surface area contributed by atoms with E-state index in [1.165, 1.54) is 12.4 Å². The van der Waals surface area contributed by atoms with E-state index in [1.54, 1.807) is 13.3 Å². The highest BCUT2D eigenvalue weighted by atomic mass is 16.5. The van der Waals surface area contributed by atoms with Crippen LogP contribution in [0.2, 0.25) is 0 Å². The van der Waals surface area contributed by atoms with E-state index in [9.17, 15) is 0 Å². The monoisotopic (exact) mass is 378 g/mol. The summed E-state index contributed by atoms with van der Waals surface area (Å²) in [7, 11) is 1.58. The first kappa shape index (κ1) is 18.0. The van der Waals surface area contributed by atoms with Crippen LogP contribution in [0.15, 0.2) is 42.9 Å². The molecule has 0 radical (unpaired) electrons. The number of imidazole rings is 1. The third kappa shape index (κ3) is 3.29. The number of hydrogen-bond donors (Lipinski definition) is 3. The molecule has 1 fully saturated rings. The first-order valence-electron chi connectivity index (χ1n) is 9.06. The van der Waals surface area contributed by atoms with Gasteiger partial charge in [0.2, 0.25) is 5.88 Å². The molecule has 0 amide bonds. The van der Waals surface area contributed by atoms with Gasteiger partial charge in [-0.15, -0.1) is 0 Å². The zero-order chi connectivity index (χ0) is 19.5. The quantitative estimate of drug-likeness (QED) is 0.567. The SMILES string of the molecule is COc1cc2ncc(-c3cccc(OC4CCNC4)n3)n2cc1/C(C=N)=C/N. The van der Waals surface area contributed by atoms with E-state index in [1.807, 2.05) is 34.9 Å². The van der Waals surface area contributed by atoms with E-state index in [4.69, 9.17) is 20.6 Å². The number of fused-ring (bicyclic) bond motifs is 1. The summed E-state index contributed by atoms with van der Waals surface area (Å²) in [5.74, 6) is 1.19. The van der Waals surface area contributed by atoms with Crippen LogP contribution in [0.4, 0.5) is 0 Å². The lowest BCUT2D eigenvalue weighted by molar-refractivity contribution is 0.214. The van der Waals surface area contributed by atoms with Crippen molar-refractivity contribution in [3.63, 3.8) is 0 Å². The van der Waals surface area contributed by atoms with Gasteiger partial charge in [-0.3, -0.25) is 4.40 Å². The molecular formula is C20H22N6O2. The van der Waals surface area contributed by atoms with Gasteiger partial charge < -0.3 is 25.9 Å². The summed E-state index contributed by atoms with van der Waals surface area (Å²) in [6, 6.07) is 7.52. The van der Waals surface area contributed by atoms with Crippen molar-refractivity contribution in [2.45, 2.75) is 12.5 Å². The predicted octanol–water partition coefficient (Wildman–Crippen LogP) is 2.09. The van der Waals surface area contributed by atoms with Crippen molar-refractivity contribution in [3.8, 4) is 23.0 Å². The number of ether oxygens (including phenoxy) is 2. The normalized spacial score (nSPS) is 17.0. The van der Waals surface area contributed by atoms with Crippen molar-refractivity contribution in [3.05, 3.63) is 48.4 Å². The Morgan fingerprint density at radius 3 is 3.04 bits per heavy atom. The molecule has 0 spiro atoms. The largest absolute Gasteiger partial charge is 0.496 e. The van der Waals surface area contributed by atoms with Crippen molar-refractivity contribution in [1.29, 1.82) is 5.41 Å². The van der Waals surface area contributed by atoms with Gasteiger partial charge in [0.1, 0.15) is 17.5 Å². The third-order valence-electron chi connectivity index (χ3n) is 4.76. The lowest BCUT2D eigenvalue weighted by atomic mass is 10.1. The second kappa shape index (κ2) is 7.69. The van der Waals surface area contributed by atoms with Gasteiger partial charge in [0, 0.05) is 48.4 Å². The molecule has 0 saturated carbocycles. The van der Waals surface area contributed by atoms with Gasteiger partial charge >= 0.3 is 0 Å². The van der Waals surface area contributed by atoms with Crippen LogP contribution in [0.3, 0.4) is 0 Å². The lowest BCUT2D eigenvalue weighted by Gasteiger charge is -2.13. The number of rotatable bonds is 6. The van der Waals surface area contributed by atoms with Crippen LogP contribution in [-0.4, -0.2) is 46.9 Å². The summed E-state index contributed by atoms with van der Waals surface area (Å²) in [6.07, 6.45) is 7.32. The van der Waals surface area contributed by atoms with Crippen LogP contribution in [-0.2, 0) is 0 Å². The van der Waals surface area contributed by atoms with Gasteiger partial charge in [-0.2, -0.15) is 0 Å². The third-order valence-corrected chi connectivity index (χ3v) is 4.76. The first-order chi connectivity index (χ1) is 13.7. The van der Waals surface area contributed by atoms with E-state index in [-0.39, 0.29) is 6.10 Å². The maximum absolute atomic E-state index is 7.61. The number of nitrogens with one attached hydrogen (secondary N) is 2. The maximum atomic E-state index is 7.61. The van der Waals surface area contributed by atoms with Crippen LogP contribution in [0, 0.1) is 5.41 Å². The van der Waals surface area contributed by atoms with Gasteiger partial charge in [0.25, 0.3) is 0 Å². The summed E-state index contributed by atoms with van der Waals surface area (Å²) in [5, 5.41) is 10.9. The smallest absolute Gasteiger partial charge is 0.214 e. The Morgan fingerprint density at radius 2 is 2.32 bits per heavy atom. The van der Waals surface area contributed by atoms with Gasteiger partial charge in [0.15, 0.2) is 0 Å². The molecule has 1 aliphatic heterocycles. The number of nitrogens with two attached hydrogens (primary N) is 1. The Bertz CT molecular complexity index is 1040. The molecule has 1 saturated heterocycles. The summed E-state index contributed by atoms with van der Waals surface area (Å²) in [5.41, 5.74) is 9.21. The lowest BCUT2D eigenvalue weighted by Crippen LogP contribution is -2.20. The van der Waals surface area contributed by atoms with Crippen LogP contribution in [0.5, 0.6) is 11.6 Å². The Kier molecular flexibility index (Phi) is 4.94. The first-order valence-corrected chi connectivity index (χ1v) is 9.06. The zero-order valence-corrected chi connectivity index (χ0v) is 15.6. The Labute approximate surface area is 162 Å². The molecule has 8 nitrogen and oxygen atoms in total. The summed E-state index contributed by atoms with van der Waals surface area (Å²) in [6.45, 7) is 1.80. The number of aromatic nitrogens is 3. The van der Waals surface area contributed by atoms with Crippen LogP contribution < -0.4 is 20.5 Å². The van der Waals surface area contributed by atoms with Gasteiger partial charge in [0.05, 0.1) is 24.7 Å². The molecule has 0 aromatic carbocycles. The number of hydrogen-bond acceptors (Lipinski definition) is 7. The molecular weight excluding hydrogens is 356 g/mol. The molecule has 28 heavy (non-hydrogen) atoms. The molecule has 4 N–H and O–H groups in total. The van der Waals surface area contributed by atoms with E-state index in [0.29, 0.717) is 28.4 Å². The van der Waals surface area contributed by atoms with Crippen molar-refractivity contribution in [2.24, 2.45) is 5.73 Å². The zero-order valence-electron chi connectivity index (χ0n) is 15.6. The Hall–Kier alpha value is -3.39. The van der Waals surface area contributed by atoms with Crippen LogP contribution >= 0.6 is 0 Å². The highest BCUT2D eigenvalue weighted by Crippen LogP contribution is 2.29. The number of allylic oxidation sites excluding steroid dienone is 1. The molecule has 3 aromatic rings. The second-order valence-corrected chi connectivity index (χ2v) is 6.49. The molecule has 4 rings (SSSR count). The number of methoxy groups -OCH3 is 1. The molecule has 4 heterocycles. The average Bonchev–Trinajstić information content (AvgIpc) is 3.38.